The second-order valence-electron chi connectivity index (χ2n) is 8.29. The summed E-state index contributed by atoms with van der Waals surface area (Å²) in [4.78, 5) is 32.2. The summed E-state index contributed by atoms with van der Waals surface area (Å²) in [5.41, 5.74) is 2.36. The van der Waals surface area contributed by atoms with Crippen LogP contribution in [0.5, 0.6) is 0 Å². The van der Waals surface area contributed by atoms with Crippen LogP contribution in [0.1, 0.15) is 57.5 Å². The van der Waals surface area contributed by atoms with Gasteiger partial charge in [0.2, 0.25) is 0 Å². The van der Waals surface area contributed by atoms with Crippen molar-refractivity contribution in [2.24, 2.45) is 5.92 Å². The third-order valence-electron chi connectivity index (χ3n) is 5.90. The summed E-state index contributed by atoms with van der Waals surface area (Å²) >= 11 is 2.95. The van der Waals surface area contributed by atoms with Crippen molar-refractivity contribution in [2.75, 3.05) is 18.8 Å². The number of carbonyl (C=O) groups excluding carboxylic acids is 2. The van der Waals surface area contributed by atoms with E-state index in [1.54, 1.807) is 23.6 Å². The van der Waals surface area contributed by atoms with Gasteiger partial charge in [-0.2, -0.15) is 0 Å². The lowest BCUT2D eigenvalue weighted by atomic mass is 9.90. The molecule has 1 atom stereocenters. The summed E-state index contributed by atoms with van der Waals surface area (Å²) in [7, 11) is 0. The lowest BCUT2D eigenvalue weighted by molar-refractivity contribution is 0.0787. The largest absolute Gasteiger partial charge is 0.410 e. The molecule has 0 aromatic carbocycles. The van der Waals surface area contributed by atoms with Gasteiger partial charge in [-0.05, 0) is 55.7 Å². The van der Waals surface area contributed by atoms with E-state index < -0.39 is 0 Å². The summed E-state index contributed by atoms with van der Waals surface area (Å²) in [5, 5.41) is 8.65. The van der Waals surface area contributed by atoms with Crippen LogP contribution in [0.15, 0.2) is 28.0 Å². The predicted octanol–water partition coefficient (Wildman–Crippen LogP) is 4.46. The molecule has 3 aromatic rings. The first kappa shape index (κ1) is 20.5. The fourth-order valence-corrected chi connectivity index (χ4v) is 5.95. The van der Waals surface area contributed by atoms with E-state index in [1.165, 1.54) is 28.6 Å². The molecule has 0 radical (unpaired) electrons. The van der Waals surface area contributed by atoms with Crippen LogP contribution in [0.2, 0.25) is 0 Å². The second kappa shape index (κ2) is 8.63. The van der Waals surface area contributed by atoms with Crippen molar-refractivity contribution >= 4 is 34.8 Å². The normalized spacial score (nSPS) is 18.4. The minimum absolute atomic E-state index is 0.0428. The SMILES string of the molecule is C[C@H]1CCc2sc(-c3nnc(SCC(=O)c4c[nH]c(C(=O)N5CCCC5)c4)o3)cc2C1. The Balaban J connectivity index is 1.20. The molecule has 3 aromatic heterocycles. The average Bonchev–Trinajstić information content (AvgIpc) is 3.56. The van der Waals surface area contributed by atoms with E-state index >= 15 is 0 Å². The summed E-state index contributed by atoms with van der Waals surface area (Å²) in [5.74, 6) is 1.28. The Morgan fingerprint density at radius 2 is 2.13 bits per heavy atom. The number of aryl methyl sites for hydroxylation is 1. The summed E-state index contributed by atoms with van der Waals surface area (Å²) in [6.07, 6.45) is 7.12. The van der Waals surface area contributed by atoms with E-state index in [9.17, 15) is 9.59 Å². The number of aromatic nitrogens is 3. The van der Waals surface area contributed by atoms with E-state index in [-0.39, 0.29) is 17.4 Å². The van der Waals surface area contributed by atoms with Gasteiger partial charge in [-0.3, -0.25) is 9.59 Å². The minimum Gasteiger partial charge on any atom is -0.410 e. The minimum atomic E-state index is -0.0814. The fourth-order valence-electron chi connectivity index (χ4n) is 4.16. The van der Waals surface area contributed by atoms with Crippen molar-refractivity contribution in [3.05, 3.63) is 40.0 Å². The molecule has 1 saturated heterocycles. The quantitative estimate of drug-likeness (QED) is 0.435. The molecule has 2 aliphatic rings. The zero-order valence-corrected chi connectivity index (χ0v) is 19.0. The summed E-state index contributed by atoms with van der Waals surface area (Å²) in [6, 6.07) is 3.81. The Labute approximate surface area is 188 Å². The number of thioether (sulfide) groups is 1. The van der Waals surface area contributed by atoms with Crippen LogP contribution in [0.3, 0.4) is 0 Å². The fraction of sp³-hybridized carbons (Fsp3) is 0.455. The van der Waals surface area contributed by atoms with Crippen molar-refractivity contribution in [1.29, 1.82) is 0 Å². The number of H-pyrrole nitrogens is 1. The number of hydrogen-bond donors (Lipinski definition) is 1. The van der Waals surface area contributed by atoms with Crippen molar-refractivity contribution < 1.29 is 14.0 Å². The molecular weight excluding hydrogens is 432 g/mol. The van der Waals surface area contributed by atoms with Crippen LogP contribution >= 0.6 is 23.1 Å². The van der Waals surface area contributed by atoms with Crippen LogP contribution in [0, 0.1) is 5.92 Å². The maximum absolute atomic E-state index is 12.6. The van der Waals surface area contributed by atoms with Crippen LogP contribution in [0.4, 0.5) is 0 Å². The molecule has 9 heteroatoms. The molecule has 7 nitrogen and oxygen atoms in total. The molecular formula is C22H24N4O3S2. The van der Waals surface area contributed by atoms with Crippen molar-refractivity contribution in [3.63, 3.8) is 0 Å². The van der Waals surface area contributed by atoms with Gasteiger partial charge < -0.3 is 14.3 Å². The molecule has 162 valence electrons. The molecule has 31 heavy (non-hydrogen) atoms. The number of likely N-dealkylation sites (tertiary alicyclic amines) is 1. The van der Waals surface area contributed by atoms with Crippen molar-refractivity contribution in [3.8, 4) is 10.8 Å². The Bertz CT molecular complexity index is 1110. The van der Waals surface area contributed by atoms with Gasteiger partial charge in [0.25, 0.3) is 17.0 Å². The lowest BCUT2D eigenvalue weighted by Crippen LogP contribution is -2.27. The Morgan fingerprint density at radius 1 is 1.29 bits per heavy atom. The van der Waals surface area contributed by atoms with E-state index in [0.29, 0.717) is 28.3 Å². The predicted molar refractivity (Wildman–Crippen MR) is 120 cm³/mol. The lowest BCUT2D eigenvalue weighted by Gasteiger charge is -2.16. The third kappa shape index (κ3) is 4.34. The number of ketones is 1. The highest BCUT2D eigenvalue weighted by Crippen LogP contribution is 2.37. The first-order chi connectivity index (χ1) is 15.1. The number of nitrogens with zero attached hydrogens (tertiary/aromatic N) is 3. The number of carbonyl (C=O) groups is 2. The molecule has 1 aliphatic carbocycles. The number of Topliss-reactive ketones (excluding diaryl/α,β-unsaturated/α-hetero) is 1. The van der Waals surface area contributed by atoms with Crippen LogP contribution in [-0.2, 0) is 12.8 Å². The zero-order valence-electron chi connectivity index (χ0n) is 17.3. The maximum atomic E-state index is 12.6. The van der Waals surface area contributed by atoms with Gasteiger partial charge in [0, 0.05) is 29.7 Å². The van der Waals surface area contributed by atoms with Gasteiger partial charge in [-0.15, -0.1) is 21.5 Å². The van der Waals surface area contributed by atoms with E-state index in [0.717, 1.165) is 43.6 Å². The standard InChI is InChI=1S/C22H24N4O3S2/c1-13-4-5-18-14(8-13)10-19(31-18)20-24-25-22(29-20)30-12-17(27)15-9-16(23-11-15)21(28)26-6-2-3-7-26/h9-11,13,23H,2-8,12H2,1H3/t13-/m0/s1. The molecule has 0 spiro atoms. The summed E-state index contributed by atoms with van der Waals surface area (Å²) < 4.78 is 5.80. The molecule has 0 saturated carbocycles. The molecule has 1 aliphatic heterocycles. The molecule has 4 heterocycles. The van der Waals surface area contributed by atoms with Gasteiger partial charge in [-0.1, -0.05) is 18.7 Å². The zero-order chi connectivity index (χ0) is 21.4. The molecule has 5 rings (SSSR count). The number of aromatic amines is 1. The van der Waals surface area contributed by atoms with Crippen LogP contribution in [-0.4, -0.2) is 50.6 Å². The Kier molecular flexibility index (Phi) is 5.71. The van der Waals surface area contributed by atoms with Gasteiger partial charge in [0.1, 0.15) is 5.69 Å². The third-order valence-corrected chi connectivity index (χ3v) is 7.95. The number of rotatable bonds is 6. The molecule has 1 amide bonds. The smallest absolute Gasteiger partial charge is 0.277 e. The van der Waals surface area contributed by atoms with Crippen molar-refractivity contribution in [1.82, 2.24) is 20.1 Å². The number of fused-ring (bicyclic) bond motifs is 1. The number of amides is 1. The van der Waals surface area contributed by atoms with Gasteiger partial charge >= 0.3 is 0 Å². The van der Waals surface area contributed by atoms with Gasteiger partial charge in [0.05, 0.1) is 10.6 Å². The number of hydrogen-bond acceptors (Lipinski definition) is 7. The highest BCUT2D eigenvalue weighted by atomic mass is 32.2. The summed E-state index contributed by atoms with van der Waals surface area (Å²) in [6.45, 7) is 3.85. The van der Waals surface area contributed by atoms with Gasteiger partial charge in [-0.25, -0.2) is 0 Å². The highest BCUT2D eigenvalue weighted by Gasteiger charge is 2.23. The Hall–Kier alpha value is -2.39. The molecule has 0 bridgehead atoms. The Morgan fingerprint density at radius 3 is 2.97 bits per heavy atom. The monoisotopic (exact) mass is 456 g/mol. The maximum Gasteiger partial charge on any atom is 0.277 e. The first-order valence-corrected chi connectivity index (χ1v) is 12.5. The number of thiophene rings is 1. The van der Waals surface area contributed by atoms with E-state index in [4.69, 9.17) is 4.42 Å². The molecule has 1 N–H and O–H groups in total. The molecule has 0 unspecified atom stereocenters. The average molecular weight is 457 g/mol. The first-order valence-electron chi connectivity index (χ1n) is 10.7. The van der Waals surface area contributed by atoms with Crippen LogP contribution in [0.25, 0.3) is 10.8 Å². The van der Waals surface area contributed by atoms with E-state index in [2.05, 4.69) is 28.2 Å². The van der Waals surface area contributed by atoms with Crippen LogP contribution < -0.4 is 0 Å². The van der Waals surface area contributed by atoms with Crippen molar-refractivity contribution in [2.45, 2.75) is 44.3 Å². The topological polar surface area (TPSA) is 92.1 Å². The molecule has 1 fully saturated rings. The van der Waals surface area contributed by atoms with Gasteiger partial charge in [0.15, 0.2) is 5.78 Å². The second-order valence-corrected chi connectivity index (χ2v) is 10.4. The van der Waals surface area contributed by atoms with E-state index in [1.807, 2.05) is 4.90 Å². The number of nitrogens with one attached hydrogen (secondary N) is 1. The highest BCUT2D eigenvalue weighted by molar-refractivity contribution is 7.99.